The molecule has 6 heteroatoms. The molecule has 0 radical (unpaired) electrons. The Balaban J connectivity index is 1.47. The first-order valence-electron chi connectivity index (χ1n) is 8.32. The van der Waals surface area contributed by atoms with Gasteiger partial charge in [-0.1, -0.05) is 35.6 Å². The number of thiazole rings is 1. The van der Waals surface area contributed by atoms with Gasteiger partial charge in [0.25, 0.3) is 5.91 Å². The summed E-state index contributed by atoms with van der Waals surface area (Å²) in [6.07, 6.45) is 0. The summed E-state index contributed by atoms with van der Waals surface area (Å²) in [5.41, 5.74) is 2.12. The topological polar surface area (TPSA) is 56.7 Å². The van der Waals surface area contributed by atoms with Gasteiger partial charge in [-0.15, -0.1) is 0 Å². The Morgan fingerprint density at radius 2 is 1.84 bits per heavy atom. The molecule has 3 aromatic rings. The van der Waals surface area contributed by atoms with Crippen molar-refractivity contribution in [2.45, 2.75) is 6.92 Å². The van der Waals surface area contributed by atoms with E-state index in [0.717, 1.165) is 29.3 Å². The van der Waals surface area contributed by atoms with Crippen LogP contribution in [-0.4, -0.2) is 47.1 Å². The first-order chi connectivity index (χ1) is 12.1. The minimum atomic E-state index is -0.106. The summed E-state index contributed by atoms with van der Waals surface area (Å²) in [6.45, 7) is 4.55. The summed E-state index contributed by atoms with van der Waals surface area (Å²) in [5.74, 6) is -0.0220. The van der Waals surface area contributed by atoms with E-state index >= 15 is 0 Å². The Morgan fingerprint density at radius 3 is 2.60 bits per heavy atom. The van der Waals surface area contributed by atoms with Gasteiger partial charge < -0.3 is 14.9 Å². The lowest BCUT2D eigenvalue weighted by atomic mass is 10.1. The SMILES string of the molecule is Cc1cccc(C(=O)N2CCN(c3nc4ccccc4s3)CC2)c1O. The van der Waals surface area contributed by atoms with E-state index in [1.54, 1.807) is 41.4 Å². The van der Waals surface area contributed by atoms with Gasteiger partial charge in [-0.05, 0) is 30.7 Å². The van der Waals surface area contributed by atoms with Gasteiger partial charge in [0.2, 0.25) is 0 Å². The molecule has 5 nitrogen and oxygen atoms in total. The molecule has 0 unspecified atom stereocenters. The van der Waals surface area contributed by atoms with Gasteiger partial charge in [0.15, 0.2) is 5.13 Å². The Morgan fingerprint density at radius 1 is 1.08 bits per heavy atom. The van der Waals surface area contributed by atoms with Crippen molar-refractivity contribution in [1.29, 1.82) is 0 Å². The average molecular weight is 353 g/mol. The number of amides is 1. The Labute approximate surface area is 150 Å². The van der Waals surface area contributed by atoms with Crippen LogP contribution in [0.3, 0.4) is 0 Å². The molecule has 1 saturated heterocycles. The number of hydrogen-bond donors (Lipinski definition) is 1. The van der Waals surface area contributed by atoms with Crippen molar-refractivity contribution in [3.05, 3.63) is 53.6 Å². The summed E-state index contributed by atoms with van der Waals surface area (Å²) in [5, 5.41) is 11.1. The Bertz CT molecular complexity index is 896. The van der Waals surface area contributed by atoms with E-state index < -0.39 is 0 Å². The molecule has 2 aromatic carbocycles. The minimum Gasteiger partial charge on any atom is -0.507 e. The predicted octanol–water partition coefficient (Wildman–Crippen LogP) is 3.27. The molecular formula is C19H19N3O2S. The van der Waals surface area contributed by atoms with Crippen LogP contribution in [0.25, 0.3) is 10.2 Å². The number of phenolic OH excluding ortho intramolecular Hbond substituents is 1. The first kappa shape index (κ1) is 15.9. The number of phenols is 1. The number of carbonyl (C=O) groups is 1. The van der Waals surface area contributed by atoms with Crippen molar-refractivity contribution in [2.24, 2.45) is 0 Å². The number of fused-ring (bicyclic) bond motifs is 1. The van der Waals surface area contributed by atoms with Crippen LogP contribution >= 0.6 is 11.3 Å². The lowest BCUT2D eigenvalue weighted by molar-refractivity contribution is 0.0743. The molecule has 1 aliphatic heterocycles. The third-order valence-electron chi connectivity index (χ3n) is 4.59. The zero-order valence-corrected chi connectivity index (χ0v) is 14.8. The molecule has 0 spiro atoms. The van der Waals surface area contributed by atoms with E-state index in [0.29, 0.717) is 18.7 Å². The van der Waals surface area contributed by atoms with Crippen LogP contribution in [-0.2, 0) is 0 Å². The van der Waals surface area contributed by atoms with Crippen LogP contribution in [0.1, 0.15) is 15.9 Å². The highest BCUT2D eigenvalue weighted by Gasteiger charge is 2.25. The van der Waals surface area contributed by atoms with E-state index in [1.807, 2.05) is 18.2 Å². The van der Waals surface area contributed by atoms with E-state index in [1.165, 1.54) is 4.70 Å². The maximum Gasteiger partial charge on any atom is 0.257 e. The van der Waals surface area contributed by atoms with E-state index in [4.69, 9.17) is 4.98 Å². The van der Waals surface area contributed by atoms with Crippen LogP contribution in [0.2, 0.25) is 0 Å². The zero-order chi connectivity index (χ0) is 17.4. The van der Waals surface area contributed by atoms with Crippen molar-refractivity contribution in [3.8, 4) is 5.75 Å². The molecule has 0 saturated carbocycles. The van der Waals surface area contributed by atoms with Gasteiger partial charge in [0.1, 0.15) is 5.75 Å². The molecule has 128 valence electrons. The second-order valence-electron chi connectivity index (χ2n) is 6.21. The van der Waals surface area contributed by atoms with Crippen LogP contribution in [0.15, 0.2) is 42.5 Å². The van der Waals surface area contributed by atoms with Gasteiger partial charge in [0.05, 0.1) is 15.8 Å². The van der Waals surface area contributed by atoms with Crippen molar-refractivity contribution in [2.75, 3.05) is 31.1 Å². The van der Waals surface area contributed by atoms with Crippen molar-refractivity contribution < 1.29 is 9.90 Å². The molecule has 4 rings (SSSR count). The number of nitrogens with zero attached hydrogens (tertiary/aromatic N) is 3. The molecule has 1 aliphatic rings. The second kappa shape index (κ2) is 6.37. The van der Waals surface area contributed by atoms with Gasteiger partial charge in [0, 0.05) is 26.2 Å². The molecule has 0 atom stereocenters. The smallest absolute Gasteiger partial charge is 0.257 e. The number of anilines is 1. The standard InChI is InChI=1S/C19H19N3O2S/c1-13-5-4-6-14(17(13)23)18(24)21-9-11-22(12-10-21)19-20-15-7-2-3-8-16(15)25-19/h2-8,23H,9-12H2,1H3. The van der Waals surface area contributed by atoms with Crippen LogP contribution in [0.5, 0.6) is 5.75 Å². The Hall–Kier alpha value is -2.60. The van der Waals surface area contributed by atoms with Crippen LogP contribution in [0, 0.1) is 6.92 Å². The van der Waals surface area contributed by atoms with Crippen LogP contribution in [0.4, 0.5) is 5.13 Å². The average Bonchev–Trinajstić information content (AvgIpc) is 3.08. The largest absolute Gasteiger partial charge is 0.507 e. The molecule has 0 bridgehead atoms. The van der Waals surface area contributed by atoms with Crippen molar-refractivity contribution >= 4 is 32.6 Å². The van der Waals surface area contributed by atoms with Gasteiger partial charge in [-0.25, -0.2) is 4.98 Å². The fourth-order valence-corrected chi connectivity index (χ4v) is 4.12. The third-order valence-corrected chi connectivity index (χ3v) is 5.69. The summed E-state index contributed by atoms with van der Waals surface area (Å²) >= 11 is 1.69. The third kappa shape index (κ3) is 2.93. The minimum absolute atomic E-state index is 0.0844. The van der Waals surface area contributed by atoms with Crippen molar-refractivity contribution in [3.63, 3.8) is 0 Å². The second-order valence-corrected chi connectivity index (χ2v) is 7.22. The van der Waals surface area contributed by atoms with E-state index in [-0.39, 0.29) is 11.7 Å². The van der Waals surface area contributed by atoms with Gasteiger partial charge >= 0.3 is 0 Å². The predicted molar refractivity (Wildman–Crippen MR) is 101 cm³/mol. The fraction of sp³-hybridized carbons (Fsp3) is 0.263. The monoisotopic (exact) mass is 353 g/mol. The number of aryl methyl sites for hydroxylation is 1. The number of para-hydroxylation sites is 2. The fourth-order valence-electron chi connectivity index (χ4n) is 3.10. The molecule has 1 amide bonds. The highest BCUT2D eigenvalue weighted by Crippen LogP contribution is 2.29. The van der Waals surface area contributed by atoms with Crippen molar-refractivity contribution in [1.82, 2.24) is 9.88 Å². The molecular weight excluding hydrogens is 334 g/mol. The van der Waals surface area contributed by atoms with Crippen LogP contribution < -0.4 is 4.90 Å². The normalized spacial score (nSPS) is 14.9. The number of carbonyl (C=O) groups excluding carboxylic acids is 1. The Kier molecular flexibility index (Phi) is 4.05. The number of benzene rings is 2. The van der Waals surface area contributed by atoms with Gasteiger partial charge in [-0.3, -0.25) is 4.79 Å². The number of rotatable bonds is 2. The zero-order valence-electron chi connectivity index (χ0n) is 14.0. The van der Waals surface area contributed by atoms with Gasteiger partial charge in [-0.2, -0.15) is 0 Å². The maximum absolute atomic E-state index is 12.7. The molecule has 1 N–H and O–H groups in total. The number of aromatic nitrogens is 1. The van der Waals surface area contributed by atoms with E-state index in [9.17, 15) is 9.90 Å². The summed E-state index contributed by atoms with van der Waals surface area (Å²) < 4.78 is 1.18. The summed E-state index contributed by atoms with van der Waals surface area (Å²) in [4.78, 5) is 21.4. The number of hydrogen-bond acceptors (Lipinski definition) is 5. The lowest BCUT2D eigenvalue weighted by Crippen LogP contribution is -2.48. The summed E-state index contributed by atoms with van der Waals surface area (Å²) in [7, 11) is 0. The van der Waals surface area contributed by atoms with E-state index in [2.05, 4.69) is 11.0 Å². The highest BCUT2D eigenvalue weighted by atomic mass is 32.1. The highest BCUT2D eigenvalue weighted by molar-refractivity contribution is 7.22. The lowest BCUT2D eigenvalue weighted by Gasteiger charge is -2.34. The molecule has 1 fully saturated rings. The molecule has 0 aliphatic carbocycles. The molecule has 25 heavy (non-hydrogen) atoms. The molecule has 2 heterocycles. The summed E-state index contributed by atoms with van der Waals surface area (Å²) in [6, 6.07) is 13.4. The first-order valence-corrected chi connectivity index (χ1v) is 9.13. The molecule has 1 aromatic heterocycles. The number of piperazine rings is 1. The quantitative estimate of drug-likeness (QED) is 0.768. The number of aromatic hydroxyl groups is 1. The maximum atomic E-state index is 12.7.